The standard InChI is InChI=1S/C19H14F3N3OS/c1-10-7-15(19(20,21)22)13(8-23)18(25-10)27-11(2)17(26)14-9-24-16-6-4-3-5-12(14)16/h3-7,9,11,24H,1-2H3/t11-/m0/s1. The van der Waals surface area contributed by atoms with Gasteiger partial charge in [0.1, 0.15) is 11.1 Å². The van der Waals surface area contributed by atoms with Crippen molar-refractivity contribution < 1.29 is 18.0 Å². The second-order valence-corrected chi connectivity index (χ2v) is 7.30. The van der Waals surface area contributed by atoms with Crippen molar-refractivity contribution in [2.75, 3.05) is 0 Å². The zero-order chi connectivity index (χ0) is 19.8. The fourth-order valence-electron chi connectivity index (χ4n) is 2.78. The number of carbonyl (C=O) groups excluding carboxylic acids is 1. The molecule has 2 aromatic heterocycles. The lowest BCUT2D eigenvalue weighted by atomic mass is 10.1. The van der Waals surface area contributed by atoms with Gasteiger partial charge in [-0.25, -0.2) is 4.98 Å². The molecule has 3 aromatic rings. The van der Waals surface area contributed by atoms with E-state index in [0.29, 0.717) is 5.56 Å². The lowest BCUT2D eigenvalue weighted by Crippen LogP contribution is -2.15. The summed E-state index contributed by atoms with van der Waals surface area (Å²) in [6, 6.07) is 9.69. The van der Waals surface area contributed by atoms with Crippen molar-refractivity contribution in [3.63, 3.8) is 0 Å². The molecule has 0 unspecified atom stereocenters. The van der Waals surface area contributed by atoms with Crippen LogP contribution in [0.15, 0.2) is 41.6 Å². The molecule has 3 rings (SSSR count). The second-order valence-electron chi connectivity index (χ2n) is 5.97. The molecular weight excluding hydrogens is 375 g/mol. The van der Waals surface area contributed by atoms with Gasteiger partial charge < -0.3 is 4.98 Å². The van der Waals surface area contributed by atoms with E-state index in [1.54, 1.807) is 31.3 Å². The molecule has 0 radical (unpaired) electrons. The Labute approximate surface area is 157 Å². The Hall–Kier alpha value is -2.79. The van der Waals surface area contributed by atoms with Gasteiger partial charge in [-0.05, 0) is 26.0 Å². The van der Waals surface area contributed by atoms with Gasteiger partial charge in [-0.15, -0.1) is 0 Å². The van der Waals surface area contributed by atoms with Crippen molar-refractivity contribution in [2.45, 2.75) is 30.3 Å². The molecule has 138 valence electrons. The number of pyridine rings is 1. The van der Waals surface area contributed by atoms with Crippen LogP contribution in [0.3, 0.4) is 0 Å². The minimum absolute atomic E-state index is 0.0921. The van der Waals surface area contributed by atoms with Crippen LogP contribution in [0.2, 0.25) is 0 Å². The summed E-state index contributed by atoms with van der Waals surface area (Å²) in [5, 5.41) is 9.17. The van der Waals surface area contributed by atoms with Gasteiger partial charge in [-0.1, -0.05) is 30.0 Å². The van der Waals surface area contributed by atoms with Gasteiger partial charge in [-0.2, -0.15) is 18.4 Å². The Balaban J connectivity index is 1.96. The van der Waals surface area contributed by atoms with Crippen LogP contribution < -0.4 is 0 Å². The molecule has 0 aliphatic heterocycles. The largest absolute Gasteiger partial charge is 0.417 e. The highest BCUT2D eigenvalue weighted by Gasteiger charge is 2.36. The van der Waals surface area contributed by atoms with Crippen LogP contribution in [-0.4, -0.2) is 21.0 Å². The van der Waals surface area contributed by atoms with Crippen molar-refractivity contribution in [3.05, 3.63) is 58.9 Å². The molecule has 1 atom stereocenters. The van der Waals surface area contributed by atoms with Crippen molar-refractivity contribution >= 4 is 28.4 Å². The number of nitrogens with one attached hydrogen (secondary N) is 1. The van der Waals surface area contributed by atoms with E-state index in [1.807, 2.05) is 12.1 Å². The van der Waals surface area contributed by atoms with Crippen LogP contribution >= 0.6 is 11.8 Å². The Morgan fingerprint density at radius 2 is 2.04 bits per heavy atom. The maximum atomic E-state index is 13.2. The summed E-state index contributed by atoms with van der Waals surface area (Å²) in [5.41, 5.74) is -0.212. The number of hydrogen-bond donors (Lipinski definition) is 1. The molecule has 0 amide bonds. The van der Waals surface area contributed by atoms with Crippen LogP contribution in [0, 0.1) is 18.3 Å². The zero-order valence-electron chi connectivity index (χ0n) is 14.4. The second kappa shape index (κ2) is 7.08. The summed E-state index contributed by atoms with van der Waals surface area (Å²) in [7, 11) is 0. The number of benzene rings is 1. The third-order valence-corrected chi connectivity index (χ3v) is 5.13. The molecule has 2 heterocycles. The van der Waals surface area contributed by atoms with E-state index in [-0.39, 0.29) is 16.5 Å². The van der Waals surface area contributed by atoms with Gasteiger partial charge in [0.05, 0.1) is 16.4 Å². The fraction of sp³-hybridized carbons (Fsp3) is 0.211. The first kappa shape index (κ1) is 19.0. The lowest BCUT2D eigenvalue weighted by Gasteiger charge is -2.15. The first-order valence-electron chi connectivity index (χ1n) is 7.98. The summed E-state index contributed by atoms with van der Waals surface area (Å²) >= 11 is 0.857. The smallest absolute Gasteiger partial charge is 0.360 e. The average molecular weight is 389 g/mol. The average Bonchev–Trinajstić information content (AvgIpc) is 3.04. The lowest BCUT2D eigenvalue weighted by molar-refractivity contribution is -0.138. The molecule has 4 nitrogen and oxygen atoms in total. The highest BCUT2D eigenvalue weighted by molar-refractivity contribution is 8.00. The molecule has 0 saturated carbocycles. The van der Waals surface area contributed by atoms with E-state index in [2.05, 4.69) is 9.97 Å². The highest BCUT2D eigenvalue weighted by atomic mass is 32.2. The quantitative estimate of drug-likeness (QED) is 0.496. The molecule has 0 saturated heterocycles. The Kier molecular flexibility index (Phi) is 4.98. The van der Waals surface area contributed by atoms with Gasteiger partial charge in [0.2, 0.25) is 0 Å². The molecule has 1 N–H and O–H groups in total. The van der Waals surface area contributed by atoms with E-state index >= 15 is 0 Å². The Bertz CT molecular complexity index is 1070. The molecule has 0 bridgehead atoms. The molecule has 27 heavy (non-hydrogen) atoms. The SMILES string of the molecule is Cc1cc(C(F)(F)F)c(C#N)c(S[C@@H](C)C(=O)c2c[nH]c3ccccc23)n1. The minimum atomic E-state index is -4.67. The topological polar surface area (TPSA) is 69.5 Å². The number of fused-ring (bicyclic) bond motifs is 1. The predicted molar refractivity (Wildman–Crippen MR) is 96.6 cm³/mol. The first-order chi connectivity index (χ1) is 12.7. The molecule has 8 heteroatoms. The van der Waals surface area contributed by atoms with Crippen molar-refractivity contribution in [2.24, 2.45) is 0 Å². The summed E-state index contributed by atoms with van der Waals surface area (Å²) < 4.78 is 39.7. The van der Waals surface area contributed by atoms with E-state index < -0.39 is 22.6 Å². The number of rotatable bonds is 4. The van der Waals surface area contributed by atoms with Crippen LogP contribution in [0.5, 0.6) is 0 Å². The van der Waals surface area contributed by atoms with E-state index in [0.717, 1.165) is 28.7 Å². The number of thioether (sulfide) groups is 1. The van der Waals surface area contributed by atoms with Crippen LogP contribution in [0.4, 0.5) is 13.2 Å². The molecule has 0 fully saturated rings. The van der Waals surface area contributed by atoms with Crippen molar-refractivity contribution in [1.29, 1.82) is 5.26 Å². The maximum absolute atomic E-state index is 13.2. The summed E-state index contributed by atoms with van der Waals surface area (Å²) in [6.45, 7) is 3.01. The molecule has 0 aliphatic rings. The van der Waals surface area contributed by atoms with Crippen LogP contribution in [0.1, 0.15) is 34.1 Å². The predicted octanol–water partition coefficient (Wildman–Crippen LogP) is 5.13. The number of nitriles is 1. The summed E-state index contributed by atoms with van der Waals surface area (Å²) in [4.78, 5) is 19.9. The van der Waals surface area contributed by atoms with Crippen LogP contribution in [0.25, 0.3) is 10.9 Å². The normalized spacial score (nSPS) is 12.7. The Morgan fingerprint density at radius 3 is 2.70 bits per heavy atom. The minimum Gasteiger partial charge on any atom is -0.360 e. The number of para-hydroxylation sites is 1. The molecule has 1 aromatic carbocycles. The van der Waals surface area contributed by atoms with Crippen molar-refractivity contribution in [1.82, 2.24) is 9.97 Å². The van der Waals surface area contributed by atoms with E-state index in [4.69, 9.17) is 0 Å². The number of Topliss-reactive ketones (excluding diaryl/α,β-unsaturated/α-hetero) is 1. The molecular formula is C19H14F3N3OS. The Morgan fingerprint density at radius 1 is 1.33 bits per heavy atom. The number of alkyl halides is 3. The highest BCUT2D eigenvalue weighted by Crippen LogP contribution is 2.37. The van der Waals surface area contributed by atoms with Crippen molar-refractivity contribution in [3.8, 4) is 6.07 Å². The first-order valence-corrected chi connectivity index (χ1v) is 8.86. The van der Waals surface area contributed by atoms with Gasteiger partial charge in [0, 0.05) is 28.4 Å². The molecule has 0 aliphatic carbocycles. The van der Waals surface area contributed by atoms with Gasteiger partial charge >= 0.3 is 6.18 Å². The number of aromatic nitrogens is 2. The number of hydrogen-bond acceptors (Lipinski definition) is 4. The number of nitrogens with zero attached hydrogens (tertiary/aromatic N) is 2. The number of aryl methyl sites for hydroxylation is 1. The third-order valence-electron chi connectivity index (χ3n) is 4.04. The fourth-order valence-corrected chi connectivity index (χ4v) is 3.82. The van der Waals surface area contributed by atoms with E-state index in [9.17, 15) is 23.2 Å². The number of ketones is 1. The molecule has 0 spiro atoms. The van der Waals surface area contributed by atoms with Gasteiger partial charge in [0.15, 0.2) is 5.78 Å². The number of halogens is 3. The van der Waals surface area contributed by atoms with Crippen LogP contribution in [-0.2, 0) is 6.18 Å². The number of H-pyrrole nitrogens is 1. The summed E-state index contributed by atoms with van der Waals surface area (Å²) in [6.07, 6.45) is -3.09. The monoisotopic (exact) mass is 389 g/mol. The maximum Gasteiger partial charge on any atom is 0.417 e. The summed E-state index contributed by atoms with van der Waals surface area (Å²) in [5.74, 6) is -0.252. The number of carbonyl (C=O) groups is 1. The zero-order valence-corrected chi connectivity index (χ0v) is 15.2. The van der Waals surface area contributed by atoms with Gasteiger partial charge in [-0.3, -0.25) is 4.79 Å². The number of aromatic amines is 1. The van der Waals surface area contributed by atoms with Gasteiger partial charge in [0.25, 0.3) is 0 Å². The third kappa shape index (κ3) is 3.69. The van der Waals surface area contributed by atoms with E-state index in [1.165, 1.54) is 6.92 Å².